The topological polar surface area (TPSA) is 52.6 Å². The van der Waals surface area contributed by atoms with Gasteiger partial charge in [-0.1, -0.05) is 30.3 Å². The minimum absolute atomic E-state index is 0.178. The Labute approximate surface area is 119 Å². The quantitative estimate of drug-likeness (QED) is 0.842. The molecule has 0 aliphatic carbocycles. The lowest BCUT2D eigenvalue weighted by molar-refractivity contribution is -0.159. The Hall–Kier alpha value is -1.39. The number of aliphatic hydroxyl groups is 1. The minimum Gasteiger partial charge on any atom is -0.386 e. The molecular weight excluding hydrogens is 252 g/mol. The zero-order valence-corrected chi connectivity index (χ0v) is 11.9. The van der Waals surface area contributed by atoms with Gasteiger partial charge in [0.25, 0.3) is 0 Å². The molecule has 0 unspecified atom stereocenters. The lowest BCUT2D eigenvalue weighted by atomic mass is 9.71. The maximum atomic E-state index is 13.0. The molecule has 1 amide bonds. The molecule has 2 aliphatic heterocycles. The van der Waals surface area contributed by atoms with Crippen LogP contribution in [0.25, 0.3) is 0 Å². The van der Waals surface area contributed by atoms with Crippen LogP contribution in [0.2, 0.25) is 0 Å². The first-order valence-corrected chi connectivity index (χ1v) is 7.32. The van der Waals surface area contributed by atoms with E-state index in [1.165, 1.54) is 0 Å². The van der Waals surface area contributed by atoms with Gasteiger partial charge in [0, 0.05) is 0 Å². The van der Waals surface area contributed by atoms with Crippen molar-refractivity contribution >= 4 is 5.91 Å². The molecule has 2 fully saturated rings. The number of benzene rings is 1. The van der Waals surface area contributed by atoms with Crippen LogP contribution in [0.15, 0.2) is 30.3 Å². The maximum absolute atomic E-state index is 13.0. The van der Waals surface area contributed by atoms with Crippen molar-refractivity contribution in [1.82, 2.24) is 10.2 Å². The molecule has 2 aliphatic rings. The van der Waals surface area contributed by atoms with Crippen molar-refractivity contribution in [2.24, 2.45) is 0 Å². The second-order valence-electron chi connectivity index (χ2n) is 6.36. The Morgan fingerprint density at radius 3 is 2.35 bits per heavy atom. The van der Waals surface area contributed by atoms with Crippen molar-refractivity contribution in [2.45, 2.75) is 30.8 Å². The third-order valence-corrected chi connectivity index (χ3v) is 4.54. The average molecular weight is 274 g/mol. The van der Waals surface area contributed by atoms with Gasteiger partial charge in [0.05, 0.1) is 24.1 Å². The molecule has 2 N–H and O–H groups in total. The molecule has 0 saturated carbocycles. The van der Waals surface area contributed by atoms with E-state index in [1.807, 2.05) is 18.2 Å². The van der Waals surface area contributed by atoms with Gasteiger partial charge in [0.2, 0.25) is 5.91 Å². The van der Waals surface area contributed by atoms with Gasteiger partial charge in [-0.3, -0.25) is 4.79 Å². The van der Waals surface area contributed by atoms with E-state index in [2.05, 4.69) is 17.4 Å². The van der Waals surface area contributed by atoms with Gasteiger partial charge < -0.3 is 15.3 Å². The molecule has 108 valence electrons. The number of piperidine rings is 1. The van der Waals surface area contributed by atoms with Crippen LogP contribution in [0, 0.1) is 0 Å². The Balaban J connectivity index is 1.89. The van der Waals surface area contributed by atoms with E-state index < -0.39 is 11.0 Å². The third-order valence-electron chi connectivity index (χ3n) is 4.54. The molecule has 4 nitrogen and oxygen atoms in total. The normalized spacial score (nSPS) is 24.0. The van der Waals surface area contributed by atoms with Crippen LogP contribution in [0.4, 0.5) is 0 Å². The lowest BCUT2D eigenvalue weighted by Crippen LogP contribution is -2.66. The summed E-state index contributed by atoms with van der Waals surface area (Å²) in [5, 5.41) is 13.2. The summed E-state index contributed by atoms with van der Waals surface area (Å²) in [5.74, 6) is 0.178. The number of likely N-dealkylation sites (tertiary alicyclic amines) is 1. The number of nitrogens with one attached hydrogen (secondary N) is 1. The molecule has 4 heteroatoms. The molecule has 0 bridgehead atoms. The van der Waals surface area contributed by atoms with Crippen LogP contribution >= 0.6 is 0 Å². The molecule has 3 rings (SSSR count). The van der Waals surface area contributed by atoms with Crippen LogP contribution in [0.5, 0.6) is 0 Å². The summed E-state index contributed by atoms with van der Waals surface area (Å²) in [6, 6.07) is 10.1. The number of hydrogen-bond acceptors (Lipinski definition) is 3. The zero-order valence-electron chi connectivity index (χ0n) is 11.9. The molecular formula is C16H22N2O2. The summed E-state index contributed by atoms with van der Waals surface area (Å²) in [5.41, 5.74) is -0.0123. The highest BCUT2D eigenvalue weighted by molar-refractivity contribution is 5.89. The minimum atomic E-state index is -0.708. The summed E-state index contributed by atoms with van der Waals surface area (Å²) in [6.45, 7) is 4.42. The van der Waals surface area contributed by atoms with Gasteiger partial charge in [0.15, 0.2) is 0 Å². The van der Waals surface area contributed by atoms with Crippen LogP contribution in [0.1, 0.15) is 25.3 Å². The van der Waals surface area contributed by atoms with Crippen molar-refractivity contribution < 1.29 is 9.90 Å². The average Bonchev–Trinajstić information content (AvgIpc) is 2.45. The van der Waals surface area contributed by atoms with E-state index >= 15 is 0 Å². The summed E-state index contributed by atoms with van der Waals surface area (Å²) in [7, 11) is 0. The number of β-amino-alcohol motifs (C(OH)–C–C–N with tert-alkyl or cyclic N) is 1. The smallest absolute Gasteiger partial charge is 0.233 e. The molecule has 2 heterocycles. The first-order chi connectivity index (χ1) is 9.54. The maximum Gasteiger partial charge on any atom is 0.233 e. The summed E-state index contributed by atoms with van der Waals surface area (Å²) >= 11 is 0. The van der Waals surface area contributed by atoms with E-state index in [-0.39, 0.29) is 5.91 Å². The molecule has 0 spiro atoms. The van der Waals surface area contributed by atoms with Gasteiger partial charge in [-0.15, -0.1) is 0 Å². The van der Waals surface area contributed by atoms with Crippen molar-refractivity contribution in [1.29, 1.82) is 0 Å². The molecule has 1 aromatic carbocycles. The number of amides is 1. The van der Waals surface area contributed by atoms with Gasteiger partial charge in [-0.05, 0) is 38.4 Å². The van der Waals surface area contributed by atoms with E-state index in [1.54, 1.807) is 11.8 Å². The number of carbonyl (C=O) groups is 1. The van der Waals surface area contributed by atoms with Gasteiger partial charge in [-0.25, -0.2) is 0 Å². The van der Waals surface area contributed by atoms with E-state index in [4.69, 9.17) is 0 Å². The van der Waals surface area contributed by atoms with Gasteiger partial charge in [0.1, 0.15) is 0 Å². The Kier molecular flexibility index (Phi) is 3.30. The summed E-state index contributed by atoms with van der Waals surface area (Å²) < 4.78 is 0. The fraction of sp³-hybridized carbons (Fsp3) is 0.562. The first-order valence-electron chi connectivity index (χ1n) is 7.32. The number of nitrogens with zero attached hydrogens (tertiary/aromatic N) is 1. The SMILES string of the molecule is CC1(O)CN(C(=O)C2(c3ccccc3)CCNCC2)C1. The fourth-order valence-electron chi connectivity index (χ4n) is 3.46. The number of hydrogen-bond donors (Lipinski definition) is 2. The largest absolute Gasteiger partial charge is 0.386 e. The van der Waals surface area contributed by atoms with E-state index in [0.29, 0.717) is 13.1 Å². The van der Waals surface area contributed by atoms with Gasteiger partial charge in [-0.2, -0.15) is 0 Å². The van der Waals surface area contributed by atoms with Crippen LogP contribution in [0.3, 0.4) is 0 Å². The van der Waals surface area contributed by atoms with E-state index in [0.717, 1.165) is 31.5 Å². The highest BCUT2D eigenvalue weighted by atomic mass is 16.3. The van der Waals surface area contributed by atoms with Crippen LogP contribution < -0.4 is 5.32 Å². The molecule has 2 saturated heterocycles. The highest BCUT2D eigenvalue weighted by Gasteiger charge is 2.49. The van der Waals surface area contributed by atoms with Gasteiger partial charge >= 0.3 is 0 Å². The highest BCUT2D eigenvalue weighted by Crippen LogP contribution is 2.37. The molecule has 1 aromatic rings. The van der Waals surface area contributed by atoms with Crippen molar-refractivity contribution in [3.63, 3.8) is 0 Å². The van der Waals surface area contributed by atoms with Crippen LogP contribution in [-0.4, -0.2) is 47.7 Å². The Bertz CT molecular complexity index is 484. The second kappa shape index (κ2) is 4.86. The second-order valence-corrected chi connectivity index (χ2v) is 6.36. The molecule has 20 heavy (non-hydrogen) atoms. The molecule has 0 aromatic heterocycles. The zero-order chi connectivity index (χ0) is 14.2. The summed E-state index contributed by atoms with van der Waals surface area (Å²) in [6.07, 6.45) is 1.66. The molecule has 0 radical (unpaired) electrons. The summed E-state index contributed by atoms with van der Waals surface area (Å²) in [4.78, 5) is 14.8. The Morgan fingerprint density at radius 2 is 1.80 bits per heavy atom. The predicted molar refractivity (Wildman–Crippen MR) is 77.4 cm³/mol. The standard InChI is InChI=1S/C16H22N2O2/c1-15(20)11-18(12-15)14(19)16(7-9-17-10-8-16)13-5-3-2-4-6-13/h2-6,17,20H,7-12H2,1H3. The van der Waals surface area contributed by atoms with Crippen molar-refractivity contribution in [2.75, 3.05) is 26.2 Å². The van der Waals surface area contributed by atoms with E-state index in [9.17, 15) is 9.90 Å². The monoisotopic (exact) mass is 274 g/mol. The first kappa shape index (κ1) is 13.6. The molecule has 0 atom stereocenters. The van der Waals surface area contributed by atoms with Crippen molar-refractivity contribution in [3.05, 3.63) is 35.9 Å². The van der Waals surface area contributed by atoms with Crippen molar-refractivity contribution in [3.8, 4) is 0 Å². The number of rotatable bonds is 2. The fourth-order valence-corrected chi connectivity index (χ4v) is 3.46. The predicted octanol–water partition coefficient (Wildman–Crippen LogP) is 0.901. The third kappa shape index (κ3) is 2.23. The lowest BCUT2D eigenvalue weighted by Gasteiger charge is -2.49. The van der Waals surface area contributed by atoms with Crippen LogP contribution in [-0.2, 0) is 10.2 Å². The number of carbonyl (C=O) groups excluding carboxylic acids is 1. The Morgan fingerprint density at radius 1 is 1.20 bits per heavy atom.